The molecule has 1 heterocycles. The molecule has 0 saturated carbocycles. The summed E-state index contributed by atoms with van der Waals surface area (Å²) in [6.07, 6.45) is 3.82. The number of aliphatic imine (C=N–C) groups is 1. The highest BCUT2D eigenvalue weighted by Gasteiger charge is 2.10. The number of aromatic nitrogens is 2. The largest absolute Gasteiger partial charge is 0.497 e. The smallest absolute Gasteiger partial charge is 0.194 e. The molecular weight excluding hydrogens is 457 g/mol. The van der Waals surface area contributed by atoms with Crippen LogP contribution in [0.15, 0.2) is 41.7 Å². The Morgan fingerprint density at radius 3 is 2.74 bits per heavy atom. The fourth-order valence-electron chi connectivity index (χ4n) is 2.53. The number of nitrogens with one attached hydrogen (secondary N) is 1. The van der Waals surface area contributed by atoms with Crippen LogP contribution in [0.3, 0.4) is 0 Å². The highest BCUT2D eigenvalue weighted by atomic mass is 127. The first kappa shape index (κ1) is 23.1. The van der Waals surface area contributed by atoms with E-state index in [-0.39, 0.29) is 30.1 Å². The van der Waals surface area contributed by atoms with Crippen LogP contribution in [-0.4, -0.2) is 54.0 Å². The number of methoxy groups -OCH3 is 1. The minimum Gasteiger partial charge on any atom is -0.497 e. The van der Waals surface area contributed by atoms with Crippen LogP contribution in [0.25, 0.3) is 0 Å². The first-order valence-corrected chi connectivity index (χ1v) is 8.79. The van der Waals surface area contributed by atoms with E-state index in [1.165, 1.54) is 0 Å². The standard InChI is InChI=1S/C19H29N5O2.HI/c1-6-20-19(23(3)13-16-12-22-24(4)14-16)21-11-15(2)26-18-9-7-8-17(10-18)25-5;/h7-10,12,14-15H,6,11,13H2,1-5H3,(H,20,21);1H. The maximum absolute atomic E-state index is 5.94. The van der Waals surface area contributed by atoms with Crippen molar-refractivity contribution in [1.29, 1.82) is 0 Å². The molecule has 27 heavy (non-hydrogen) atoms. The summed E-state index contributed by atoms with van der Waals surface area (Å²) >= 11 is 0. The van der Waals surface area contributed by atoms with Crippen LogP contribution in [-0.2, 0) is 13.6 Å². The van der Waals surface area contributed by atoms with Crippen LogP contribution < -0.4 is 14.8 Å². The summed E-state index contributed by atoms with van der Waals surface area (Å²) in [6.45, 7) is 6.17. The molecule has 0 fully saturated rings. The van der Waals surface area contributed by atoms with E-state index in [0.717, 1.165) is 36.1 Å². The first-order chi connectivity index (χ1) is 12.5. The average Bonchev–Trinajstić information content (AvgIpc) is 3.03. The molecule has 1 N–H and O–H groups in total. The van der Waals surface area contributed by atoms with Gasteiger partial charge in [0.25, 0.3) is 0 Å². The second-order valence-electron chi connectivity index (χ2n) is 6.18. The van der Waals surface area contributed by atoms with Gasteiger partial charge in [0, 0.05) is 45.0 Å². The molecule has 1 atom stereocenters. The molecule has 8 heteroatoms. The van der Waals surface area contributed by atoms with Gasteiger partial charge in [-0.1, -0.05) is 6.07 Å². The van der Waals surface area contributed by atoms with Crippen LogP contribution in [0.4, 0.5) is 0 Å². The van der Waals surface area contributed by atoms with Crippen molar-refractivity contribution < 1.29 is 9.47 Å². The lowest BCUT2D eigenvalue weighted by Crippen LogP contribution is -2.39. The van der Waals surface area contributed by atoms with Crippen molar-refractivity contribution in [2.75, 3.05) is 27.2 Å². The Hall–Kier alpha value is -1.97. The Kier molecular flexibility index (Phi) is 9.98. The number of guanidine groups is 1. The zero-order valence-electron chi connectivity index (χ0n) is 16.7. The van der Waals surface area contributed by atoms with E-state index in [2.05, 4.69) is 22.2 Å². The third kappa shape index (κ3) is 7.66. The van der Waals surface area contributed by atoms with Crippen molar-refractivity contribution in [2.24, 2.45) is 12.0 Å². The van der Waals surface area contributed by atoms with E-state index in [1.807, 2.05) is 57.7 Å². The fourth-order valence-corrected chi connectivity index (χ4v) is 2.53. The topological polar surface area (TPSA) is 63.9 Å². The lowest BCUT2D eigenvalue weighted by molar-refractivity contribution is 0.228. The third-order valence-electron chi connectivity index (χ3n) is 3.75. The number of aryl methyl sites for hydroxylation is 1. The number of hydrogen-bond donors (Lipinski definition) is 1. The molecule has 0 amide bonds. The molecule has 7 nitrogen and oxygen atoms in total. The van der Waals surface area contributed by atoms with E-state index in [0.29, 0.717) is 6.54 Å². The van der Waals surface area contributed by atoms with Gasteiger partial charge in [-0.05, 0) is 26.0 Å². The Balaban J connectivity index is 0.00000364. The molecule has 0 spiro atoms. The maximum Gasteiger partial charge on any atom is 0.194 e. The molecule has 0 saturated heterocycles. The number of halogens is 1. The van der Waals surface area contributed by atoms with E-state index < -0.39 is 0 Å². The number of nitrogens with zero attached hydrogens (tertiary/aromatic N) is 4. The Morgan fingerprint density at radius 2 is 2.11 bits per heavy atom. The van der Waals surface area contributed by atoms with Gasteiger partial charge >= 0.3 is 0 Å². The SMILES string of the molecule is CCNC(=NCC(C)Oc1cccc(OC)c1)N(C)Cc1cnn(C)c1.I. The van der Waals surface area contributed by atoms with E-state index in [1.54, 1.807) is 11.8 Å². The van der Waals surface area contributed by atoms with Crippen LogP contribution >= 0.6 is 24.0 Å². The highest BCUT2D eigenvalue weighted by Crippen LogP contribution is 2.20. The summed E-state index contributed by atoms with van der Waals surface area (Å²) in [5, 5.41) is 7.53. The number of rotatable bonds is 8. The van der Waals surface area contributed by atoms with Gasteiger partial charge in [-0.15, -0.1) is 24.0 Å². The number of ether oxygens (including phenoxy) is 2. The lowest BCUT2D eigenvalue weighted by Gasteiger charge is -2.22. The number of hydrogen-bond acceptors (Lipinski definition) is 4. The van der Waals surface area contributed by atoms with Crippen molar-refractivity contribution in [3.8, 4) is 11.5 Å². The van der Waals surface area contributed by atoms with E-state index in [4.69, 9.17) is 14.5 Å². The van der Waals surface area contributed by atoms with Crippen molar-refractivity contribution in [2.45, 2.75) is 26.5 Å². The zero-order valence-corrected chi connectivity index (χ0v) is 19.0. The Labute approximate surface area is 178 Å². The van der Waals surface area contributed by atoms with Gasteiger partial charge in [-0.2, -0.15) is 5.10 Å². The molecule has 2 aromatic rings. The summed E-state index contributed by atoms with van der Waals surface area (Å²) in [7, 11) is 5.58. The molecule has 0 bridgehead atoms. The Bertz CT molecular complexity index is 720. The predicted octanol–water partition coefficient (Wildman–Crippen LogP) is 2.91. The monoisotopic (exact) mass is 487 g/mol. The molecule has 1 aromatic carbocycles. The Morgan fingerprint density at radius 1 is 1.37 bits per heavy atom. The van der Waals surface area contributed by atoms with Gasteiger partial charge in [0.15, 0.2) is 5.96 Å². The van der Waals surface area contributed by atoms with Gasteiger partial charge in [0.1, 0.15) is 17.6 Å². The van der Waals surface area contributed by atoms with Gasteiger partial charge in [0.05, 0.1) is 19.9 Å². The van der Waals surface area contributed by atoms with Gasteiger partial charge in [0.2, 0.25) is 0 Å². The highest BCUT2D eigenvalue weighted by molar-refractivity contribution is 14.0. The molecule has 150 valence electrons. The van der Waals surface area contributed by atoms with Gasteiger partial charge in [-0.25, -0.2) is 4.99 Å². The summed E-state index contributed by atoms with van der Waals surface area (Å²) in [5.74, 6) is 2.40. The van der Waals surface area contributed by atoms with Crippen molar-refractivity contribution in [3.63, 3.8) is 0 Å². The maximum atomic E-state index is 5.94. The zero-order chi connectivity index (χ0) is 18.9. The summed E-state index contributed by atoms with van der Waals surface area (Å²) in [6, 6.07) is 7.60. The van der Waals surface area contributed by atoms with E-state index >= 15 is 0 Å². The second kappa shape index (κ2) is 11.7. The quantitative estimate of drug-likeness (QED) is 0.353. The van der Waals surface area contributed by atoms with Crippen LogP contribution in [0.1, 0.15) is 19.4 Å². The molecular formula is C19H30IN5O2. The summed E-state index contributed by atoms with van der Waals surface area (Å²) in [4.78, 5) is 6.79. The fraction of sp³-hybridized carbons (Fsp3) is 0.474. The molecule has 0 radical (unpaired) electrons. The van der Waals surface area contributed by atoms with Gasteiger partial charge < -0.3 is 19.7 Å². The summed E-state index contributed by atoms with van der Waals surface area (Å²) in [5.41, 5.74) is 1.14. The summed E-state index contributed by atoms with van der Waals surface area (Å²) < 4.78 is 13.0. The molecule has 0 aliphatic carbocycles. The number of benzene rings is 1. The molecule has 1 aromatic heterocycles. The lowest BCUT2D eigenvalue weighted by atomic mass is 10.3. The van der Waals surface area contributed by atoms with Crippen LogP contribution in [0.2, 0.25) is 0 Å². The molecule has 0 aliphatic heterocycles. The molecule has 0 aliphatic rings. The first-order valence-electron chi connectivity index (χ1n) is 8.79. The van der Waals surface area contributed by atoms with Crippen molar-refractivity contribution in [1.82, 2.24) is 20.0 Å². The predicted molar refractivity (Wildman–Crippen MR) is 119 cm³/mol. The average molecular weight is 487 g/mol. The normalized spacial score (nSPS) is 12.1. The second-order valence-corrected chi connectivity index (χ2v) is 6.18. The minimum absolute atomic E-state index is 0. The van der Waals surface area contributed by atoms with Crippen molar-refractivity contribution >= 4 is 29.9 Å². The van der Waals surface area contributed by atoms with E-state index in [9.17, 15) is 0 Å². The third-order valence-corrected chi connectivity index (χ3v) is 3.75. The minimum atomic E-state index is -0.0532. The molecule has 2 rings (SSSR count). The van der Waals surface area contributed by atoms with Crippen LogP contribution in [0.5, 0.6) is 11.5 Å². The van der Waals surface area contributed by atoms with Crippen molar-refractivity contribution in [3.05, 3.63) is 42.2 Å². The van der Waals surface area contributed by atoms with Gasteiger partial charge in [-0.3, -0.25) is 4.68 Å². The van der Waals surface area contributed by atoms with Crippen LogP contribution in [0, 0.1) is 0 Å². The molecule has 1 unspecified atom stereocenters.